The van der Waals surface area contributed by atoms with Crippen LogP contribution in [0.4, 0.5) is 0 Å². The molecule has 2 amide bonds. The van der Waals surface area contributed by atoms with E-state index in [9.17, 15) is 9.59 Å². The molecule has 0 saturated carbocycles. The Balaban J connectivity index is 1.72. The Kier molecular flexibility index (Phi) is 3.90. The van der Waals surface area contributed by atoms with Gasteiger partial charge in [-0.1, -0.05) is 6.42 Å². The summed E-state index contributed by atoms with van der Waals surface area (Å²) in [4.78, 5) is 24.2. The molecule has 0 bridgehead atoms. The lowest BCUT2D eigenvalue weighted by Crippen LogP contribution is -2.52. The van der Waals surface area contributed by atoms with E-state index in [0.717, 1.165) is 19.5 Å². The van der Waals surface area contributed by atoms with Crippen molar-refractivity contribution in [3.05, 3.63) is 0 Å². The highest BCUT2D eigenvalue weighted by Crippen LogP contribution is 2.10. The third-order valence-electron chi connectivity index (χ3n) is 3.22. The van der Waals surface area contributed by atoms with Crippen LogP contribution in [0.5, 0.6) is 0 Å². The minimum Gasteiger partial charge on any atom is -0.314 e. The average molecular weight is 225 g/mol. The number of carbonyl (C=O) groups excluding carboxylic acids is 2. The van der Waals surface area contributed by atoms with Gasteiger partial charge in [-0.25, -0.2) is 0 Å². The van der Waals surface area contributed by atoms with Gasteiger partial charge in [0.15, 0.2) is 0 Å². The zero-order chi connectivity index (χ0) is 11.4. The molecule has 2 N–H and O–H groups in total. The van der Waals surface area contributed by atoms with Gasteiger partial charge in [-0.2, -0.15) is 0 Å². The molecule has 5 nitrogen and oxygen atoms in total. The van der Waals surface area contributed by atoms with Gasteiger partial charge in [-0.15, -0.1) is 0 Å². The molecule has 0 aromatic carbocycles. The minimum absolute atomic E-state index is 0.173. The molecule has 2 aliphatic rings. The summed E-state index contributed by atoms with van der Waals surface area (Å²) in [5, 5.41) is 5.78. The van der Waals surface area contributed by atoms with Crippen LogP contribution >= 0.6 is 0 Å². The number of nitrogens with zero attached hydrogens (tertiary/aromatic N) is 1. The number of nitrogens with one attached hydrogen (secondary N) is 2. The average Bonchev–Trinajstić information content (AvgIpc) is 2.27. The molecule has 1 atom stereocenters. The Morgan fingerprint density at radius 2 is 1.94 bits per heavy atom. The zero-order valence-electron chi connectivity index (χ0n) is 9.50. The van der Waals surface area contributed by atoms with Crippen LogP contribution < -0.4 is 10.6 Å². The summed E-state index contributed by atoms with van der Waals surface area (Å²) in [7, 11) is 0. The molecule has 2 saturated heterocycles. The van der Waals surface area contributed by atoms with E-state index in [2.05, 4.69) is 10.6 Å². The van der Waals surface area contributed by atoms with Gasteiger partial charge in [0.25, 0.3) is 0 Å². The molecule has 2 aliphatic heterocycles. The number of piperidine rings is 1. The fourth-order valence-electron chi connectivity index (χ4n) is 2.36. The van der Waals surface area contributed by atoms with Crippen molar-refractivity contribution >= 4 is 11.8 Å². The van der Waals surface area contributed by atoms with Gasteiger partial charge in [0.05, 0.1) is 13.1 Å². The van der Waals surface area contributed by atoms with Crippen LogP contribution in [0.15, 0.2) is 0 Å². The summed E-state index contributed by atoms with van der Waals surface area (Å²) in [6.45, 7) is 2.65. The van der Waals surface area contributed by atoms with Crippen molar-refractivity contribution in [2.75, 3.05) is 26.2 Å². The molecule has 90 valence electrons. The highest BCUT2D eigenvalue weighted by molar-refractivity contribution is 5.99. The van der Waals surface area contributed by atoms with Crippen molar-refractivity contribution < 1.29 is 9.59 Å². The number of piperazine rings is 1. The molecular weight excluding hydrogens is 206 g/mol. The van der Waals surface area contributed by atoms with Crippen molar-refractivity contribution in [2.24, 2.45) is 0 Å². The van der Waals surface area contributed by atoms with Gasteiger partial charge < -0.3 is 5.32 Å². The first-order chi connectivity index (χ1) is 7.74. The Hall–Kier alpha value is -0.940. The van der Waals surface area contributed by atoms with E-state index in [4.69, 9.17) is 0 Å². The van der Waals surface area contributed by atoms with Gasteiger partial charge in [-0.05, 0) is 25.8 Å². The molecule has 16 heavy (non-hydrogen) atoms. The van der Waals surface area contributed by atoms with Gasteiger partial charge >= 0.3 is 0 Å². The van der Waals surface area contributed by atoms with Crippen LogP contribution in [-0.2, 0) is 9.59 Å². The lowest BCUT2D eigenvalue weighted by Gasteiger charge is -2.29. The molecule has 0 radical (unpaired) electrons. The van der Waals surface area contributed by atoms with Gasteiger partial charge in [-0.3, -0.25) is 19.8 Å². The molecule has 0 aromatic rings. The largest absolute Gasteiger partial charge is 0.314 e. The van der Waals surface area contributed by atoms with E-state index in [1.165, 1.54) is 19.3 Å². The fraction of sp³-hybridized carbons (Fsp3) is 0.818. The highest BCUT2D eigenvalue weighted by atomic mass is 16.2. The summed E-state index contributed by atoms with van der Waals surface area (Å²) in [6.07, 6.45) is 4.80. The number of hydrogen-bond acceptors (Lipinski definition) is 4. The number of imide groups is 1. The van der Waals surface area contributed by atoms with Crippen molar-refractivity contribution in [1.82, 2.24) is 15.5 Å². The van der Waals surface area contributed by atoms with E-state index >= 15 is 0 Å². The highest BCUT2D eigenvalue weighted by Gasteiger charge is 2.23. The molecule has 1 unspecified atom stereocenters. The standard InChI is InChI=1S/C11H19N3O2/c15-10-7-14(8-11(16)13-10)6-4-9-3-1-2-5-12-9/h9,12H,1-8H2,(H,13,15,16). The van der Waals surface area contributed by atoms with Crippen LogP contribution in [-0.4, -0.2) is 48.9 Å². The number of hydrogen-bond donors (Lipinski definition) is 2. The fourth-order valence-corrected chi connectivity index (χ4v) is 2.36. The molecule has 5 heteroatoms. The van der Waals surface area contributed by atoms with Gasteiger partial charge in [0, 0.05) is 12.6 Å². The number of rotatable bonds is 3. The van der Waals surface area contributed by atoms with Crippen LogP contribution in [0, 0.1) is 0 Å². The monoisotopic (exact) mass is 225 g/mol. The quantitative estimate of drug-likeness (QED) is 0.634. The maximum absolute atomic E-state index is 11.1. The maximum Gasteiger partial charge on any atom is 0.240 e. The molecule has 0 spiro atoms. The van der Waals surface area contributed by atoms with Gasteiger partial charge in [0.1, 0.15) is 0 Å². The van der Waals surface area contributed by atoms with Crippen molar-refractivity contribution in [1.29, 1.82) is 0 Å². The molecular formula is C11H19N3O2. The van der Waals surface area contributed by atoms with E-state index in [1.807, 2.05) is 4.90 Å². The van der Waals surface area contributed by atoms with Crippen LogP contribution in [0.3, 0.4) is 0 Å². The predicted molar refractivity (Wildman–Crippen MR) is 59.8 cm³/mol. The van der Waals surface area contributed by atoms with E-state index in [-0.39, 0.29) is 11.8 Å². The third-order valence-corrected chi connectivity index (χ3v) is 3.22. The second-order valence-electron chi connectivity index (χ2n) is 4.62. The first-order valence-corrected chi connectivity index (χ1v) is 6.02. The minimum atomic E-state index is -0.173. The SMILES string of the molecule is O=C1CN(CCC2CCCCN2)CC(=O)N1. The first kappa shape index (κ1) is 11.5. The molecule has 2 heterocycles. The summed E-state index contributed by atoms with van der Waals surface area (Å²) < 4.78 is 0. The lowest BCUT2D eigenvalue weighted by molar-refractivity contribution is -0.136. The summed E-state index contributed by atoms with van der Waals surface area (Å²) in [5.41, 5.74) is 0. The second-order valence-corrected chi connectivity index (χ2v) is 4.62. The predicted octanol–water partition coefficient (Wildman–Crippen LogP) is -0.523. The maximum atomic E-state index is 11.1. The molecule has 2 fully saturated rings. The first-order valence-electron chi connectivity index (χ1n) is 6.02. The van der Waals surface area contributed by atoms with Crippen LogP contribution in [0.1, 0.15) is 25.7 Å². The topological polar surface area (TPSA) is 61.4 Å². The second kappa shape index (κ2) is 5.41. The summed E-state index contributed by atoms with van der Waals surface area (Å²) in [5.74, 6) is -0.347. The van der Waals surface area contributed by atoms with Crippen molar-refractivity contribution in [3.63, 3.8) is 0 Å². The molecule has 0 aliphatic carbocycles. The Labute approximate surface area is 95.6 Å². The van der Waals surface area contributed by atoms with Crippen molar-refractivity contribution in [3.8, 4) is 0 Å². The molecule has 2 rings (SSSR count). The Morgan fingerprint density at radius 1 is 1.19 bits per heavy atom. The Bertz CT molecular complexity index is 258. The summed E-state index contributed by atoms with van der Waals surface area (Å²) in [6, 6.07) is 0.564. The van der Waals surface area contributed by atoms with Crippen LogP contribution in [0.25, 0.3) is 0 Å². The third kappa shape index (κ3) is 3.28. The van der Waals surface area contributed by atoms with Crippen LogP contribution in [0.2, 0.25) is 0 Å². The zero-order valence-corrected chi connectivity index (χ0v) is 9.50. The Morgan fingerprint density at radius 3 is 2.56 bits per heavy atom. The number of amides is 2. The van der Waals surface area contributed by atoms with E-state index in [1.54, 1.807) is 0 Å². The van der Waals surface area contributed by atoms with E-state index in [0.29, 0.717) is 19.1 Å². The van der Waals surface area contributed by atoms with Crippen molar-refractivity contribution in [2.45, 2.75) is 31.7 Å². The smallest absolute Gasteiger partial charge is 0.240 e. The molecule has 0 aromatic heterocycles. The lowest BCUT2D eigenvalue weighted by atomic mass is 10.0. The number of carbonyl (C=O) groups is 2. The normalized spacial score (nSPS) is 27.9. The van der Waals surface area contributed by atoms with E-state index < -0.39 is 0 Å². The summed E-state index contributed by atoms with van der Waals surface area (Å²) >= 11 is 0. The van der Waals surface area contributed by atoms with Gasteiger partial charge in [0.2, 0.25) is 11.8 Å².